The predicted octanol–water partition coefficient (Wildman–Crippen LogP) is 2.77. The van der Waals surface area contributed by atoms with Crippen LogP contribution in [-0.2, 0) is 6.42 Å². The molecular formula is C13H18N2. The average molecular weight is 202 g/mol. The van der Waals surface area contributed by atoms with Gasteiger partial charge in [0.2, 0.25) is 0 Å². The Morgan fingerprint density at radius 3 is 2.73 bits per heavy atom. The smallest absolute Gasteiger partial charge is 0.0426 e. The van der Waals surface area contributed by atoms with Gasteiger partial charge in [-0.25, -0.2) is 0 Å². The zero-order chi connectivity index (χ0) is 11.3. The van der Waals surface area contributed by atoms with Gasteiger partial charge in [-0.15, -0.1) is 0 Å². The molecule has 0 fully saturated rings. The highest BCUT2D eigenvalue weighted by atomic mass is 14.8. The first-order valence-electron chi connectivity index (χ1n) is 5.21. The van der Waals surface area contributed by atoms with E-state index in [0.717, 1.165) is 17.7 Å². The number of benzene rings is 1. The molecule has 1 rings (SSSR count). The molecule has 2 N–H and O–H groups in total. The summed E-state index contributed by atoms with van der Waals surface area (Å²) in [5, 5.41) is 10.2. The van der Waals surface area contributed by atoms with Gasteiger partial charge in [-0.3, -0.25) is 0 Å². The third kappa shape index (κ3) is 2.69. The summed E-state index contributed by atoms with van der Waals surface area (Å²) >= 11 is 0. The number of allylic oxidation sites excluding steroid dienone is 1. The van der Waals surface area contributed by atoms with E-state index in [2.05, 4.69) is 37.4 Å². The van der Waals surface area contributed by atoms with E-state index < -0.39 is 0 Å². The summed E-state index contributed by atoms with van der Waals surface area (Å²) in [6.07, 6.45) is 4.11. The highest BCUT2D eigenvalue weighted by Gasteiger charge is 2.01. The standard InChI is InChI=1S/C13H18N2/c1-4-11-9-12(6-5-10(11)2)13(15-3)7-8-14/h5-9,14-15H,4H2,1-3H3/b13-7-,14-8?. The Kier molecular flexibility index (Phi) is 4.10. The second-order valence-corrected chi connectivity index (χ2v) is 3.49. The first-order valence-corrected chi connectivity index (χ1v) is 5.21. The number of aryl methyl sites for hydroxylation is 2. The molecule has 2 heteroatoms. The fourth-order valence-electron chi connectivity index (χ4n) is 1.63. The van der Waals surface area contributed by atoms with E-state index in [4.69, 9.17) is 5.41 Å². The van der Waals surface area contributed by atoms with E-state index in [1.165, 1.54) is 17.3 Å². The molecule has 15 heavy (non-hydrogen) atoms. The number of rotatable bonds is 4. The minimum atomic E-state index is 0.986. The molecule has 0 saturated heterocycles. The van der Waals surface area contributed by atoms with E-state index in [-0.39, 0.29) is 0 Å². The largest absolute Gasteiger partial charge is 0.388 e. The lowest BCUT2D eigenvalue weighted by Crippen LogP contribution is -2.05. The first kappa shape index (κ1) is 11.5. The van der Waals surface area contributed by atoms with Gasteiger partial charge in [-0.2, -0.15) is 0 Å². The van der Waals surface area contributed by atoms with Crippen LogP contribution in [0.5, 0.6) is 0 Å². The van der Waals surface area contributed by atoms with Crippen molar-refractivity contribution in [1.29, 1.82) is 5.41 Å². The number of hydrogen-bond donors (Lipinski definition) is 2. The summed E-state index contributed by atoms with van der Waals surface area (Å²) in [5.74, 6) is 0. The Morgan fingerprint density at radius 2 is 2.20 bits per heavy atom. The van der Waals surface area contributed by atoms with Crippen molar-refractivity contribution < 1.29 is 0 Å². The second-order valence-electron chi connectivity index (χ2n) is 3.49. The van der Waals surface area contributed by atoms with Gasteiger partial charge in [-0.1, -0.05) is 19.1 Å². The molecule has 0 atom stereocenters. The molecule has 0 bridgehead atoms. The molecule has 0 spiro atoms. The normalized spacial score (nSPS) is 11.3. The van der Waals surface area contributed by atoms with Gasteiger partial charge in [-0.05, 0) is 42.2 Å². The Balaban J connectivity index is 3.14. The van der Waals surface area contributed by atoms with Crippen molar-refractivity contribution in [3.8, 4) is 0 Å². The van der Waals surface area contributed by atoms with E-state index in [9.17, 15) is 0 Å². The molecule has 0 aliphatic heterocycles. The zero-order valence-electron chi connectivity index (χ0n) is 9.59. The molecule has 2 nitrogen and oxygen atoms in total. The molecule has 0 saturated carbocycles. The van der Waals surface area contributed by atoms with Gasteiger partial charge in [0.15, 0.2) is 0 Å². The third-order valence-corrected chi connectivity index (χ3v) is 2.56. The van der Waals surface area contributed by atoms with Crippen molar-refractivity contribution in [1.82, 2.24) is 5.32 Å². The van der Waals surface area contributed by atoms with Gasteiger partial charge in [0, 0.05) is 19.0 Å². The summed E-state index contributed by atoms with van der Waals surface area (Å²) in [7, 11) is 1.88. The first-order chi connectivity index (χ1) is 7.22. The minimum Gasteiger partial charge on any atom is -0.388 e. The van der Waals surface area contributed by atoms with Crippen LogP contribution in [0, 0.1) is 12.3 Å². The van der Waals surface area contributed by atoms with Crippen molar-refractivity contribution in [3.63, 3.8) is 0 Å². The molecule has 0 unspecified atom stereocenters. The Bertz CT molecular complexity index is 378. The van der Waals surface area contributed by atoms with Crippen LogP contribution < -0.4 is 5.32 Å². The van der Waals surface area contributed by atoms with Gasteiger partial charge in [0.1, 0.15) is 0 Å². The molecule has 0 amide bonds. The molecule has 1 aromatic rings. The van der Waals surface area contributed by atoms with Gasteiger partial charge in [0.05, 0.1) is 0 Å². The predicted molar refractivity (Wildman–Crippen MR) is 66.4 cm³/mol. The Morgan fingerprint density at radius 1 is 1.47 bits per heavy atom. The lowest BCUT2D eigenvalue weighted by Gasteiger charge is -2.10. The molecule has 80 valence electrons. The molecular weight excluding hydrogens is 184 g/mol. The van der Waals surface area contributed by atoms with Crippen LogP contribution in [0.15, 0.2) is 24.3 Å². The van der Waals surface area contributed by atoms with Gasteiger partial charge in [0.25, 0.3) is 0 Å². The second kappa shape index (κ2) is 5.35. The van der Waals surface area contributed by atoms with E-state index >= 15 is 0 Å². The monoisotopic (exact) mass is 202 g/mol. The van der Waals surface area contributed by atoms with E-state index in [1.807, 2.05) is 7.05 Å². The van der Waals surface area contributed by atoms with Crippen molar-refractivity contribution >= 4 is 11.9 Å². The summed E-state index contributed by atoms with van der Waals surface area (Å²) in [6.45, 7) is 4.29. The highest BCUT2D eigenvalue weighted by Crippen LogP contribution is 2.16. The van der Waals surface area contributed by atoms with Crippen LogP contribution in [0.25, 0.3) is 5.70 Å². The van der Waals surface area contributed by atoms with E-state index in [1.54, 1.807) is 6.08 Å². The number of hydrogen-bond acceptors (Lipinski definition) is 2. The number of nitrogens with one attached hydrogen (secondary N) is 2. The van der Waals surface area contributed by atoms with E-state index in [0.29, 0.717) is 0 Å². The van der Waals surface area contributed by atoms with Crippen LogP contribution in [-0.4, -0.2) is 13.3 Å². The molecule has 0 aliphatic rings. The Hall–Kier alpha value is -1.57. The molecule has 0 aliphatic carbocycles. The van der Waals surface area contributed by atoms with Crippen LogP contribution in [0.3, 0.4) is 0 Å². The highest BCUT2D eigenvalue weighted by molar-refractivity contribution is 5.82. The summed E-state index contributed by atoms with van der Waals surface area (Å²) < 4.78 is 0. The van der Waals surface area contributed by atoms with Crippen molar-refractivity contribution in [2.45, 2.75) is 20.3 Å². The van der Waals surface area contributed by atoms with Crippen molar-refractivity contribution in [2.24, 2.45) is 0 Å². The lowest BCUT2D eigenvalue weighted by molar-refractivity contribution is 1.09. The van der Waals surface area contributed by atoms with Crippen LogP contribution in [0.2, 0.25) is 0 Å². The van der Waals surface area contributed by atoms with Crippen molar-refractivity contribution in [3.05, 3.63) is 41.0 Å². The molecule has 0 aromatic heterocycles. The maximum Gasteiger partial charge on any atom is 0.0426 e. The fourth-order valence-corrected chi connectivity index (χ4v) is 1.63. The van der Waals surface area contributed by atoms with Crippen LogP contribution in [0.1, 0.15) is 23.6 Å². The Labute approximate surface area is 91.5 Å². The summed E-state index contributed by atoms with van der Waals surface area (Å²) in [5.41, 5.74) is 4.81. The van der Waals surface area contributed by atoms with Crippen LogP contribution >= 0.6 is 0 Å². The topological polar surface area (TPSA) is 35.9 Å². The molecule has 1 aromatic carbocycles. The zero-order valence-corrected chi connectivity index (χ0v) is 9.59. The molecule has 0 heterocycles. The quantitative estimate of drug-likeness (QED) is 0.724. The van der Waals surface area contributed by atoms with Crippen molar-refractivity contribution in [2.75, 3.05) is 7.05 Å². The summed E-state index contributed by atoms with van der Waals surface area (Å²) in [4.78, 5) is 0. The molecule has 0 radical (unpaired) electrons. The maximum atomic E-state index is 7.09. The third-order valence-electron chi connectivity index (χ3n) is 2.56. The van der Waals surface area contributed by atoms with Gasteiger partial charge < -0.3 is 10.7 Å². The average Bonchev–Trinajstić information content (AvgIpc) is 2.27. The maximum absolute atomic E-state index is 7.09. The SMILES string of the molecule is CCc1cc(/C(=C/C=N)NC)ccc1C. The lowest BCUT2D eigenvalue weighted by atomic mass is 10.0. The summed E-state index contributed by atoms with van der Waals surface area (Å²) in [6, 6.07) is 6.39. The van der Waals surface area contributed by atoms with Crippen LogP contribution in [0.4, 0.5) is 0 Å². The minimum absolute atomic E-state index is 0.986. The fraction of sp³-hybridized carbons (Fsp3) is 0.308. The van der Waals surface area contributed by atoms with Gasteiger partial charge >= 0.3 is 0 Å².